The molecule has 0 bridgehead atoms. The third-order valence-electron chi connectivity index (χ3n) is 14.6. The maximum atomic E-state index is 14.4. The van der Waals surface area contributed by atoms with Crippen LogP contribution in [0.1, 0.15) is 198 Å². The third kappa shape index (κ3) is 12.3. The SMILES string of the molecule is CCCCCCCCCCCCCCCCCCN(C)S(=O)(=O)CC1=CC(C)(C)[N+](CC)=c2cc3c(cc21)=C(c1c(Cl)c(Cl)c(Cl)c(Cl)c1C(=O)OCC)c1cc2c(cc1O3)N(CC)C(C)(C)C=C2C. The van der Waals surface area contributed by atoms with Crippen LogP contribution in [0.25, 0.3) is 16.7 Å². The molecule has 384 valence electrons. The van der Waals surface area contributed by atoms with Gasteiger partial charge in [0.2, 0.25) is 15.4 Å². The highest BCUT2D eigenvalue weighted by Crippen LogP contribution is 2.51. The highest BCUT2D eigenvalue weighted by Gasteiger charge is 2.39. The first kappa shape index (κ1) is 56.2. The predicted molar refractivity (Wildman–Crippen MR) is 297 cm³/mol. The van der Waals surface area contributed by atoms with E-state index in [2.05, 4.69) is 89.2 Å². The summed E-state index contributed by atoms with van der Waals surface area (Å²) in [4.78, 5) is 16.4. The molecule has 0 N–H and O–H groups in total. The van der Waals surface area contributed by atoms with Crippen LogP contribution in [0.2, 0.25) is 20.1 Å². The minimum atomic E-state index is -3.75. The molecule has 0 atom stereocenters. The highest BCUT2D eigenvalue weighted by atomic mass is 35.5. The Hall–Kier alpha value is -3.05. The van der Waals surface area contributed by atoms with Crippen molar-refractivity contribution < 1.29 is 22.7 Å². The summed E-state index contributed by atoms with van der Waals surface area (Å²) in [6.45, 7) is 20.8. The number of sulfonamides is 1. The Morgan fingerprint density at radius 2 is 1.29 bits per heavy atom. The fraction of sp³-hybridized carbons (Fsp3) is 0.579. The molecule has 0 aromatic heterocycles. The molecule has 8 nitrogen and oxygen atoms in total. The first-order chi connectivity index (χ1) is 33.2. The van der Waals surface area contributed by atoms with Crippen molar-refractivity contribution in [3.8, 4) is 11.5 Å². The average Bonchev–Trinajstić information content (AvgIpc) is 3.29. The Morgan fingerprint density at radius 3 is 1.84 bits per heavy atom. The Morgan fingerprint density at radius 1 is 0.714 bits per heavy atom. The molecule has 70 heavy (non-hydrogen) atoms. The first-order valence-electron chi connectivity index (χ1n) is 26.1. The van der Waals surface area contributed by atoms with E-state index in [0.29, 0.717) is 46.5 Å². The summed E-state index contributed by atoms with van der Waals surface area (Å²) >= 11 is 27.9. The molecular formula is C57H78Cl4N3O5S+. The minimum Gasteiger partial charge on any atom is -0.462 e. The molecule has 3 aliphatic rings. The Kier molecular flexibility index (Phi) is 19.5. The maximum absolute atomic E-state index is 14.4. The van der Waals surface area contributed by atoms with E-state index in [1.807, 2.05) is 12.1 Å². The number of hydrogen-bond donors (Lipinski definition) is 0. The van der Waals surface area contributed by atoms with Gasteiger partial charge in [0.05, 0.1) is 55.2 Å². The van der Waals surface area contributed by atoms with Crippen LogP contribution in [-0.2, 0) is 14.8 Å². The Balaban J connectivity index is 1.34. The first-order valence-corrected chi connectivity index (χ1v) is 29.2. The van der Waals surface area contributed by atoms with Gasteiger partial charge in [-0.25, -0.2) is 22.1 Å². The fourth-order valence-electron chi connectivity index (χ4n) is 11.0. The van der Waals surface area contributed by atoms with Gasteiger partial charge in [-0.05, 0) is 77.3 Å². The number of rotatable bonds is 25. The Labute approximate surface area is 440 Å². The molecule has 0 saturated heterocycles. The molecule has 3 aromatic rings. The average molecular weight is 1060 g/mol. The predicted octanol–water partition coefficient (Wildman–Crippen LogP) is 15.1. The number of anilines is 1. The highest BCUT2D eigenvalue weighted by molar-refractivity contribution is 7.89. The summed E-state index contributed by atoms with van der Waals surface area (Å²) in [5.41, 5.74) is 5.06. The van der Waals surface area contributed by atoms with Gasteiger partial charge in [0.1, 0.15) is 18.0 Å². The number of fused-ring (bicyclic) bond motifs is 4. The van der Waals surface area contributed by atoms with Crippen molar-refractivity contribution in [3.05, 3.63) is 94.9 Å². The lowest BCUT2D eigenvalue weighted by Gasteiger charge is -2.43. The van der Waals surface area contributed by atoms with Crippen LogP contribution in [0, 0.1) is 0 Å². The smallest absolute Gasteiger partial charge is 0.340 e. The number of hydrogen-bond acceptors (Lipinski definition) is 6. The molecule has 3 aliphatic heterocycles. The zero-order chi connectivity index (χ0) is 51.1. The molecule has 13 heteroatoms. The monoisotopic (exact) mass is 1060 g/mol. The molecule has 0 unspecified atom stereocenters. The van der Waals surface area contributed by atoms with E-state index in [1.165, 1.54) is 87.8 Å². The molecule has 3 aromatic carbocycles. The van der Waals surface area contributed by atoms with Crippen molar-refractivity contribution in [3.63, 3.8) is 0 Å². The van der Waals surface area contributed by atoms with E-state index in [0.717, 1.165) is 53.6 Å². The summed E-state index contributed by atoms with van der Waals surface area (Å²) in [5, 5.41) is 1.27. The van der Waals surface area contributed by atoms with Crippen LogP contribution in [0.3, 0.4) is 0 Å². The lowest BCUT2D eigenvalue weighted by atomic mass is 9.83. The topological polar surface area (TPSA) is 79.2 Å². The molecule has 0 fully saturated rings. The number of nitrogens with zero attached hydrogens (tertiary/aromatic N) is 3. The minimum absolute atomic E-state index is 0.0117. The van der Waals surface area contributed by atoms with Crippen LogP contribution in [0.4, 0.5) is 5.69 Å². The largest absolute Gasteiger partial charge is 0.462 e. The Bertz CT molecular complexity index is 2730. The number of ether oxygens (including phenoxy) is 2. The third-order valence-corrected chi connectivity index (χ3v) is 18.2. The van der Waals surface area contributed by atoms with Crippen LogP contribution < -0.4 is 24.8 Å². The van der Waals surface area contributed by atoms with Crippen LogP contribution >= 0.6 is 46.4 Å². The van der Waals surface area contributed by atoms with Gasteiger partial charge in [-0.2, -0.15) is 0 Å². The zero-order valence-electron chi connectivity index (χ0n) is 43.6. The molecule has 0 radical (unpaired) electrons. The molecular weight excluding hydrogens is 981 g/mol. The van der Waals surface area contributed by atoms with Gasteiger partial charge in [0.25, 0.3) is 0 Å². The van der Waals surface area contributed by atoms with Crippen molar-refractivity contribution >= 4 is 84.8 Å². The number of allylic oxidation sites excluding steroid dienone is 1. The normalized spacial score (nSPS) is 15.8. The number of likely N-dealkylation sites (N-methyl/N-ethyl adjacent to an activating group) is 2. The van der Waals surface area contributed by atoms with Gasteiger partial charge in [-0.15, -0.1) is 0 Å². The van der Waals surface area contributed by atoms with Crippen molar-refractivity contribution in [2.75, 3.05) is 43.9 Å². The van der Waals surface area contributed by atoms with Crippen LogP contribution in [-0.4, -0.2) is 68.8 Å². The second-order valence-electron chi connectivity index (χ2n) is 20.6. The molecule has 6 rings (SSSR count). The van der Waals surface area contributed by atoms with E-state index in [-0.39, 0.29) is 49.1 Å². The summed E-state index contributed by atoms with van der Waals surface area (Å²) < 4.78 is 45.2. The van der Waals surface area contributed by atoms with Gasteiger partial charge in [0.15, 0.2) is 5.54 Å². The molecule has 0 aliphatic carbocycles. The maximum Gasteiger partial charge on any atom is 0.340 e. The van der Waals surface area contributed by atoms with Crippen molar-refractivity contribution in [2.45, 2.75) is 176 Å². The lowest BCUT2D eigenvalue weighted by Crippen LogP contribution is -2.50. The number of benzene rings is 3. The molecule has 0 spiro atoms. The number of unbranched alkanes of at least 4 members (excludes halogenated alkanes) is 15. The van der Waals surface area contributed by atoms with E-state index < -0.39 is 21.5 Å². The zero-order valence-corrected chi connectivity index (χ0v) is 47.5. The van der Waals surface area contributed by atoms with E-state index in [4.69, 9.17) is 55.9 Å². The quantitative estimate of drug-likeness (QED) is 0.0216. The van der Waals surface area contributed by atoms with Crippen LogP contribution in [0.15, 0.2) is 36.4 Å². The molecule has 3 heterocycles. The standard InChI is InChI=1S/C57H78Cl4N3O5S/c1-11-15-16-17-18-19-20-21-22-23-24-25-26-27-28-29-30-62(10)70(66,67)37-39-36-57(8,9)64(13-3)45-34-47-43(32-41(39)45)48(49-50(55(65)68-14-4)52(59)54(61)53(60)51(49)58)42-31-40-38(5)35-56(6,7)63(12-2)44(40)33-46(42)69-47/h31-36H,11-30,37H2,1-10H3/q+1. The van der Waals surface area contributed by atoms with Gasteiger partial charge in [0, 0.05) is 73.2 Å². The van der Waals surface area contributed by atoms with Crippen molar-refractivity contribution in [1.82, 2.24) is 8.88 Å². The van der Waals surface area contributed by atoms with Crippen LogP contribution in [0.5, 0.6) is 11.5 Å². The van der Waals surface area contributed by atoms with E-state index >= 15 is 0 Å². The number of carbonyl (C=O) groups is 1. The molecule has 0 amide bonds. The van der Waals surface area contributed by atoms with Gasteiger partial charge in [-0.3, -0.25) is 0 Å². The van der Waals surface area contributed by atoms with Gasteiger partial charge >= 0.3 is 5.97 Å². The number of esters is 1. The fourth-order valence-corrected chi connectivity index (χ4v) is 13.3. The van der Waals surface area contributed by atoms with Gasteiger partial charge in [-0.1, -0.05) is 156 Å². The number of halogens is 4. The summed E-state index contributed by atoms with van der Waals surface area (Å²) in [7, 11) is -2.05. The molecule has 0 saturated carbocycles. The summed E-state index contributed by atoms with van der Waals surface area (Å²) in [5.74, 6) is 0.132. The number of carbonyl (C=O) groups excluding carboxylic acids is 1. The summed E-state index contributed by atoms with van der Waals surface area (Å²) in [6, 6.07) is 8.09. The lowest BCUT2D eigenvalue weighted by molar-refractivity contribution is 0.0526. The van der Waals surface area contributed by atoms with E-state index in [1.54, 1.807) is 14.0 Å². The second-order valence-corrected chi connectivity index (χ2v) is 24.2. The van der Waals surface area contributed by atoms with Crippen molar-refractivity contribution in [2.24, 2.45) is 0 Å². The van der Waals surface area contributed by atoms with Gasteiger partial charge < -0.3 is 14.4 Å². The second kappa shape index (κ2) is 24.3. The van der Waals surface area contributed by atoms with E-state index in [9.17, 15) is 13.2 Å². The van der Waals surface area contributed by atoms with Crippen molar-refractivity contribution in [1.29, 1.82) is 0 Å². The summed E-state index contributed by atoms with van der Waals surface area (Å²) in [6.07, 6.45) is 24.5.